The summed E-state index contributed by atoms with van der Waals surface area (Å²) in [6.45, 7) is 4.76. The van der Waals surface area contributed by atoms with E-state index in [1.54, 1.807) is 6.07 Å². The molecule has 3 N–H and O–H groups in total. The Morgan fingerprint density at radius 2 is 1.88 bits per heavy atom. The van der Waals surface area contributed by atoms with Crippen LogP contribution in [0.5, 0.6) is 0 Å². The third kappa shape index (κ3) is 6.49. The van der Waals surface area contributed by atoms with E-state index in [9.17, 15) is 18.8 Å². The van der Waals surface area contributed by atoms with Gasteiger partial charge in [-0.05, 0) is 16.1 Å². The zero-order chi connectivity index (χ0) is 18.3. The normalized spacial score (nSPS) is 12.8. The third-order valence-corrected chi connectivity index (χ3v) is 3.44. The van der Waals surface area contributed by atoms with Gasteiger partial charge in [0.05, 0.1) is 0 Å². The molecule has 130 valence electrons. The van der Waals surface area contributed by atoms with E-state index in [2.05, 4.69) is 33.1 Å². The number of halogens is 2. The second-order valence-corrected chi connectivity index (χ2v) is 6.29. The first-order valence-corrected chi connectivity index (χ1v) is 7.87. The van der Waals surface area contributed by atoms with Gasteiger partial charge in [-0.1, -0.05) is 40.7 Å². The van der Waals surface area contributed by atoms with Crippen LogP contribution in [0.1, 0.15) is 18.9 Å². The van der Waals surface area contributed by atoms with Crippen molar-refractivity contribution in [2.75, 3.05) is 0 Å². The second kappa shape index (κ2) is 9.17. The molecular weight excluding hydrogens is 383 g/mol. The smallest absolute Gasteiger partial charge is 0.326 e. The summed E-state index contributed by atoms with van der Waals surface area (Å²) in [4.78, 5) is 34.8. The first-order valence-electron chi connectivity index (χ1n) is 7.07. The van der Waals surface area contributed by atoms with E-state index in [-0.39, 0.29) is 18.4 Å². The van der Waals surface area contributed by atoms with E-state index < -0.39 is 35.7 Å². The molecule has 0 fully saturated rings. The Hall–Kier alpha value is -2.22. The summed E-state index contributed by atoms with van der Waals surface area (Å²) >= 11 is 3.05. The lowest BCUT2D eigenvalue weighted by molar-refractivity contribution is -0.142. The number of hydrogen-bond donors (Lipinski definition) is 3. The van der Waals surface area contributed by atoms with E-state index in [4.69, 9.17) is 5.11 Å². The van der Waals surface area contributed by atoms with Crippen LogP contribution in [0.4, 0.5) is 4.39 Å². The highest BCUT2D eigenvalue weighted by Crippen LogP contribution is 2.12. The van der Waals surface area contributed by atoms with Gasteiger partial charge >= 0.3 is 5.97 Å². The minimum absolute atomic E-state index is 0.0203. The number of carboxylic acid groups (broad SMARTS) is 1. The van der Waals surface area contributed by atoms with Crippen LogP contribution in [0.15, 0.2) is 35.3 Å². The van der Waals surface area contributed by atoms with Crippen molar-refractivity contribution in [1.82, 2.24) is 10.6 Å². The van der Waals surface area contributed by atoms with Crippen LogP contribution in [0.25, 0.3) is 0 Å². The summed E-state index contributed by atoms with van der Waals surface area (Å²) in [5.41, 5.74) is 0.239. The Labute approximate surface area is 147 Å². The van der Waals surface area contributed by atoms with Gasteiger partial charge in [0.2, 0.25) is 11.8 Å². The fourth-order valence-corrected chi connectivity index (χ4v) is 2.36. The molecule has 0 heterocycles. The van der Waals surface area contributed by atoms with Crippen LogP contribution in [0.3, 0.4) is 0 Å². The first kappa shape index (κ1) is 19.8. The maximum absolute atomic E-state index is 13.8. The first-order chi connectivity index (χ1) is 11.2. The summed E-state index contributed by atoms with van der Waals surface area (Å²) in [5.74, 6) is -2.95. The van der Waals surface area contributed by atoms with Crippen LogP contribution in [-0.2, 0) is 20.8 Å². The molecule has 24 heavy (non-hydrogen) atoms. The predicted octanol–water partition coefficient (Wildman–Crippen LogP) is 1.74. The average molecular weight is 401 g/mol. The molecule has 0 spiro atoms. The molecule has 0 bridgehead atoms. The van der Waals surface area contributed by atoms with Gasteiger partial charge in [0.15, 0.2) is 0 Å². The molecule has 0 aliphatic carbocycles. The maximum Gasteiger partial charge on any atom is 0.326 e. The fraction of sp³-hybridized carbons (Fsp3) is 0.312. The number of amides is 2. The molecule has 0 aliphatic rings. The maximum atomic E-state index is 13.8. The summed E-state index contributed by atoms with van der Waals surface area (Å²) in [7, 11) is 0. The van der Waals surface area contributed by atoms with Gasteiger partial charge in [-0.3, -0.25) is 9.59 Å². The van der Waals surface area contributed by atoms with Crippen molar-refractivity contribution < 1.29 is 23.9 Å². The van der Waals surface area contributed by atoms with Crippen molar-refractivity contribution in [1.29, 1.82) is 0 Å². The molecule has 0 aromatic heterocycles. The van der Waals surface area contributed by atoms with E-state index >= 15 is 0 Å². The van der Waals surface area contributed by atoms with Crippen LogP contribution in [0.2, 0.25) is 0 Å². The van der Waals surface area contributed by atoms with Crippen molar-refractivity contribution in [2.24, 2.45) is 0 Å². The van der Waals surface area contributed by atoms with Crippen molar-refractivity contribution in [2.45, 2.75) is 31.8 Å². The molecule has 1 aromatic rings. The summed E-state index contributed by atoms with van der Waals surface area (Å²) in [6, 6.07) is 3.55. The van der Waals surface area contributed by atoms with Crippen LogP contribution < -0.4 is 10.6 Å². The van der Waals surface area contributed by atoms with Gasteiger partial charge in [-0.2, -0.15) is 0 Å². The van der Waals surface area contributed by atoms with E-state index in [1.165, 1.54) is 25.1 Å². The zero-order valence-corrected chi connectivity index (χ0v) is 14.6. The lowest BCUT2D eigenvalue weighted by Gasteiger charge is -2.21. The minimum Gasteiger partial charge on any atom is -0.480 e. The Bertz CT molecular complexity index is 651. The molecule has 6 nitrogen and oxygen atoms in total. The molecule has 0 unspecified atom stereocenters. The predicted molar refractivity (Wildman–Crippen MR) is 90.0 cm³/mol. The Kier molecular flexibility index (Phi) is 7.57. The molecule has 1 rings (SSSR count). The Morgan fingerprint density at radius 1 is 1.25 bits per heavy atom. The van der Waals surface area contributed by atoms with Gasteiger partial charge in [-0.25, -0.2) is 9.18 Å². The molecule has 2 atom stereocenters. The Morgan fingerprint density at radius 3 is 2.38 bits per heavy atom. The van der Waals surface area contributed by atoms with E-state index in [0.717, 1.165) is 0 Å². The molecule has 0 saturated heterocycles. The van der Waals surface area contributed by atoms with Gasteiger partial charge in [0.1, 0.15) is 17.9 Å². The summed E-state index contributed by atoms with van der Waals surface area (Å²) in [5, 5.41) is 13.9. The average Bonchev–Trinajstić information content (AvgIpc) is 2.47. The molecule has 0 aliphatic heterocycles. The number of carbonyl (C=O) groups is 3. The Balaban J connectivity index is 2.92. The van der Waals surface area contributed by atoms with E-state index in [1.807, 2.05) is 0 Å². The number of rotatable bonds is 8. The van der Waals surface area contributed by atoms with E-state index in [0.29, 0.717) is 4.48 Å². The lowest BCUT2D eigenvalue weighted by atomic mass is 10.0. The zero-order valence-electron chi connectivity index (χ0n) is 13.0. The van der Waals surface area contributed by atoms with Crippen LogP contribution >= 0.6 is 15.9 Å². The highest BCUT2D eigenvalue weighted by molar-refractivity contribution is 9.11. The van der Waals surface area contributed by atoms with Gasteiger partial charge < -0.3 is 15.7 Å². The van der Waals surface area contributed by atoms with Crippen molar-refractivity contribution in [3.63, 3.8) is 0 Å². The lowest BCUT2D eigenvalue weighted by Crippen LogP contribution is -2.52. The molecule has 0 radical (unpaired) electrons. The largest absolute Gasteiger partial charge is 0.480 e. The van der Waals surface area contributed by atoms with Crippen molar-refractivity contribution in [3.8, 4) is 0 Å². The summed E-state index contributed by atoms with van der Waals surface area (Å²) < 4.78 is 14.2. The van der Waals surface area contributed by atoms with Crippen molar-refractivity contribution in [3.05, 3.63) is 46.7 Å². The van der Waals surface area contributed by atoms with Crippen molar-refractivity contribution >= 4 is 33.7 Å². The molecule has 8 heteroatoms. The standard InChI is InChI=1S/C16H18BrFN2O4/c1-9(17)7-14(16(23)24)20-15(22)13(19-10(2)21)8-11-5-3-4-6-12(11)18/h3-6,13-14H,1,7-8H2,2H3,(H,19,21)(H,20,22)(H,23,24)/t13-,14-/m0/s1. The van der Waals surface area contributed by atoms with Gasteiger partial charge in [0, 0.05) is 19.8 Å². The number of nitrogens with one attached hydrogen (secondary N) is 2. The minimum atomic E-state index is -1.24. The number of benzene rings is 1. The molecular formula is C16H18BrFN2O4. The molecule has 1 aromatic carbocycles. The topological polar surface area (TPSA) is 95.5 Å². The SMILES string of the molecule is C=C(Br)C[C@H](NC(=O)[C@H](Cc1ccccc1F)NC(C)=O)C(=O)O. The third-order valence-electron chi connectivity index (χ3n) is 3.12. The second-order valence-electron chi connectivity index (χ2n) is 5.17. The number of carbonyl (C=O) groups excluding carboxylic acids is 2. The molecule has 0 saturated carbocycles. The van der Waals surface area contributed by atoms with Crippen LogP contribution in [-0.4, -0.2) is 35.0 Å². The van der Waals surface area contributed by atoms with Crippen LogP contribution in [0, 0.1) is 5.82 Å². The number of hydrogen-bond acceptors (Lipinski definition) is 3. The van der Waals surface area contributed by atoms with Gasteiger partial charge in [-0.15, -0.1) is 0 Å². The molecule has 2 amide bonds. The number of aliphatic carboxylic acids is 1. The fourth-order valence-electron chi connectivity index (χ4n) is 2.03. The monoisotopic (exact) mass is 400 g/mol. The van der Waals surface area contributed by atoms with Gasteiger partial charge in [0.25, 0.3) is 0 Å². The highest BCUT2D eigenvalue weighted by Gasteiger charge is 2.27. The number of carboxylic acids is 1. The highest BCUT2D eigenvalue weighted by atomic mass is 79.9. The quantitative estimate of drug-likeness (QED) is 0.619. The summed E-state index contributed by atoms with van der Waals surface area (Å²) in [6.07, 6.45) is -0.118.